The lowest BCUT2D eigenvalue weighted by molar-refractivity contribution is -0.149. The fraction of sp³-hybridized carbons (Fsp3) is 0.231. The molecule has 0 aliphatic carbocycles. The third-order valence-corrected chi connectivity index (χ3v) is 5.48. The number of nitrogens with zero attached hydrogens (tertiary/aromatic N) is 1. The third-order valence-electron chi connectivity index (χ3n) is 5.48. The molecule has 0 saturated carbocycles. The number of anilines is 1. The molecule has 0 bridgehead atoms. The van der Waals surface area contributed by atoms with Crippen LogP contribution >= 0.6 is 0 Å². The molecular formula is C26H27N5O13. The second-order valence-corrected chi connectivity index (χ2v) is 8.84. The maximum absolute atomic E-state index is 12.8. The lowest BCUT2D eigenvalue weighted by Crippen LogP contribution is -2.55. The van der Waals surface area contributed by atoms with E-state index in [-0.39, 0.29) is 22.2 Å². The predicted octanol–water partition coefficient (Wildman–Crippen LogP) is 0.122. The van der Waals surface area contributed by atoms with Gasteiger partial charge in [-0.3, -0.25) is 29.5 Å². The molecule has 2 amide bonds. The van der Waals surface area contributed by atoms with E-state index >= 15 is 0 Å². The number of hydrogen-bond acceptors (Lipinski definition) is 10. The van der Waals surface area contributed by atoms with Gasteiger partial charge in [0.2, 0.25) is 5.91 Å². The van der Waals surface area contributed by atoms with Gasteiger partial charge in [-0.05, 0) is 42.0 Å². The van der Waals surface area contributed by atoms with E-state index in [0.717, 1.165) is 0 Å². The van der Waals surface area contributed by atoms with Gasteiger partial charge in [0.25, 0.3) is 0 Å². The van der Waals surface area contributed by atoms with Crippen molar-refractivity contribution in [2.75, 3.05) is 11.9 Å². The molecule has 0 heterocycles. The van der Waals surface area contributed by atoms with Gasteiger partial charge in [-0.2, -0.15) is 0 Å². The molecule has 1 unspecified atom stereocenters. The number of nitrogens with one attached hydrogen (secondary N) is 3. The minimum Gasteiger partial charge on any atom is -0.481 e. The standard InChI is InChI=1S/C26H27N5O13/c27-25(28)29-15-5-3-14(4-6-15)24(41)44-16-7-1-13(2-8-16)12-43-26(42)31(11-21(36)37)18(10-20(34)35)22(38)30-17(23(39)40)9-19(32)33/h1-8,17-18H,9-12H2,(H,30,38)(H,32,33)(H,34,35)(H,36,37)(H,39,40)(H4,27,28,29)/t17-,18?/m0/s1. The number of benzene rings is 2. The van der Waals surface area contributed by atoms with E-state index in [1.54, 1.807) is 5.32 Å². The van der Waals surface area contributed by atoms with Crippen molar-refractivity contribution in [2.45, 2.75) is 31.5 Å². The van der Waals surface area contributed by atoms with Crippen LogP contribution in [0.15, 0.2) is 48.5 Å². The van der Waals surface area contributed by atoms with Crippen molar-refractivity contribution in [3.05, 3.63) is 59.7 Å². The molecule has 18 nitrogen and oxygen atoms in total. The minimum absolute atomic E-state index is 0.107. The summed E-state index contributed by atoms with van der Waals surface area (Å²) in [6.45, 7) is -1.73. The van der Waals surface area contributed by atoms with Crippen LogP contribution in [0.4, 0.5) is 10.5 Å². The van der Waals surface area contributed by atoms with Crippen LogP contribution in [0.25, 0.3) is 0 Å². The molecule has 0 aliphatic rings. The average molecular weight is 618 g/mol. The van der Waals surface area contributed by atoms with Crippen LogP contribution in [-0.4, -0.2) is 91.8 Å². The van der Waals surface area contributed by atoms with Crippen molar-refractivity contribution in [1.29, 1.82) is 5.41 Å². The normalized spacial score (nSPS) is 11.6. The van der Waals surface area contributed by atoms with Gasteiger partial charge < -0.3 is 46.3 Å². The van der Waals surface area contributed by atoms with Crippen LogP contribution in [0.2, 0.25) is 0 Å². The van der Waals surface area contributed by atoms with E-state index < -0.39 is 79.9 Å². The van der Waals surface area contributed by atoms with Crippen molar-refractivity contribution >= 4 is 53.5 Å². The van der Waals surface area contributed by atoms with Crippen LogP contribution in [0, 0.1) is 5.41 Å². The highest BCUT2D eigenvalue weighted by Crippen LogP contribution is 2.17. The number of carbonyl (C=O) groups excluding carboxylic acids is 3. The maximum atomic E-state index is 12.8. The Morgan fingerprint density at radius 3 is 1.93 bits per heavy atom. The van der Waals surface area contributed by atoms with Crippen molar-refractivity contribution in [1.82, 2.24) is 10.2 Å². The summed E-state index contributed by atoms with van der Waals surface area (Å²) in [7, 11) is 0. The number of carboxylic acid groups (broad SMARTS) is 4. The molecule has 2 aromatic rings. The first kappa shape index (κ1) is 34.0. The predicted molar refractivity (Wildman–Crippen MR) is 146 cm³/mol. The van der Waals surface area contributed by atoms with Gasteiger partial charge in [0.05, 0.1) is 18.4 Å². The van der Waals surface area contributed by atoms with Crippen molar-refractivity contribution in [3.8, 4) is 5.75 Å². The molecule has 0 saturated heterocycles. The summed E-state index contributed by atoms with van der Waals surface area (Å²) in [5.41, 5.74) is 6.22. The van der Waals surface area contributed by atoms with E-state index in [9.17, 15) is 43.8 Å². The lowest BCUT2D eigenvalue weighted by atomic mass is 10.1. The Hall–Kier alpha value is -6.20. The summed E-state index contributed by atoms with van der Waals surface area (Å²) in [5, 5.41) is 48.1. The number of nitrogens with two attached hydrogens (primary N) is 1. The van der Waals surface area contributed by atoms with E-state index in [1.165, 1.54) is 48.5 Å². The Morgan fingerprint density at radius 1 is 0.841 bits per heavy atom. The number of ether oxygens (including phenoxy) is 2. The van der Waals surface area contributed by atoms with E-state index in [0.29, 0.717) is 11.3 Å². The first-order valence-electron chi connectivity index (χ1n) is 12.3. The number of esters is 1. The molecule has 2 rings (SSSR count). The zero-order chi connectivity index (χ0) is 33.0. The Balaban J connectivity index is 2.11. The molecule has 0 spiro atoms. The van der Waals surface area contributed by atoms with Gasteiger partial charge in [-0.15, -0.1) is 0 Å². The summed E-state index contributed by atoms with van der Waals surface area (Å²) < 4.78 is 10.3. The molecule has 0 aromatic heterocycles. The number of amides is 2. The molecule has 2 atom stereocenters. The average Bonchev–Trinajstić information content (AvgIpc) is 2.93. The topological polar surface area (TPSA) is 296 Å². The molecule has 18 heteroatoms. The molecular weight excluding hydrogens is 590 g/mol. The second-order valence-electron chi connectivity index (χ2n) is 8.84. The van der Waals surface area contributed by atoms with Crippen molar-refractivity contribution in [2.24, 2.45) is 5.73 Å². The van der Waals surface area contributed by atoms with E-state index in [1.807, 2.05) is 0 Å². The smallest absolute Gasteiger partial charge is 0.411 e. The van der Waals surface area contributed by atoms with Crippen molar-refractivity contribution in [3.63, 3.8) is 0 Å². The fourth-order valence-electron chi connectivity index (χ4n) is 3.49. The summed E-state index contributed by atoms with van der Waals surface area (Å²) in [5.74, 6) is -9.02. The third kappa shape index (κ3) is 11.0. The first-order chi connectivity index (χ1) is 20.7. The lowest BCUT2D eigenvalue weighted by Gasteiger charge is -2.28. The minimum atomic E-state index is -2.08. The molecule has 2 aromatic carbocycles. The number of guanidine groups is 1. The largest absolute Gasteiger partial charge is 0.481 e. The Morgan fingerprint density at radius 2 is 1.43 bits per heavy atom. The molecule has 0 radical (unpaired) electrons. The van der Waals surface area contributed by atoms with Gasteiger partial charge in [-0.1, -0.05) is 12.1 Å². The summed E-state index contributed by atoms with van der Waals surface area (Å²) in [6, 6.07) is 7.31. The van der Waals surface area contributed by atoms with Crippen LogP contribution in [0.5, 0.6) is 5.75 Å². The van der Waals surface area contributed by atoms with Gasteiger partial charge in [0.15, 0.2) is 5.96 Å². The highest BCUT2D eigenvalue weighted by atomic mass is 16.6. The number of carbonyl (C=O) groups is 7. The number of hydrogen-bond donors (Lipinski definition) is 8. The van der Waals surface area contributed by atoms with Crippen LogP contribution < -0.4 is 21.1 Å². The highest BCUT2D eigenvalue weighted by Gasteiger charge is 2.36. The Labute approximate surface area is 247 Å². The summed E-state index contributed by atoms with van der Waals surface area (Å²) >= 11 is 0. The van der Waals surface area contributed by atoms with E-state index in [4.69, 9.17) is 30.8 Å². The number of rotatable bonds is 15. The molecule has 0 aliphatic heterocycles. The monoisotopic (exact) mass is 617 g/mol. The zero-order valence-electron chi connectivity index (χ0n) is 22.6. The maximum Gasteiger partial charge on any atom is 0.411 e. The first-order valence-corrected chi connectivity index (χ1v) is 12.3. The van der Waals surface area contributed by atoms with Crippen LogP contribution in [0.1, 0.15) is 28.8 Å². The number of carboxylic acids is 4. The summed E-state index contributed by atoms with van der Waals surface area (Å²) in [6.07, 6.45) is -3.69. The fourth-order valence-corrected chi connectivity index (χ4v) is 3.49. The molecule has 0 fully saturated rings. The Kier molecular flexibility index (Phi) is 12.1. The SMILES string of the molecule is N=C(N)Nc1ccc(C(=O)Oc2ccc(COC(=O)N(CC(=O)O)C(CC(=O)O)C(=O)N[C@@H](CC(=O)O)C(=O)O)cc2)cc1. The van der Waals surface area contributed by atoms with Gasteiger partial charge in [0, 0.05) is 5.69 Å². The summed E-state index contributed by atoms with van der Waals surface area (Å²) in [4.78, 5) is 83.2. The zero-order valence-corrected chi connectivity index (χ0v) is 22.6. The molecule has 9 N–H and O–H groups in total. The van der Waals surface area contributed by atoms with Gasteiger partial charge in [-0.25, -0.2) is 14.4 Å². The number of aliphatic carboxylic acids is 4. The van der Waals surface area contributed by atoms with Crippen molar-refractivity contribution < 1.29 is 63.5 Å². The van der Waals surface area contributed by atoms with Crippen LogP contribution in [0.3, 0.4) is 0 Å². The van der Waals surface area contributed by atoms with E-state index in [2.05, 4.69) is 5.32 Å². The molecule has 234 valence electrons. The second kappa shape index (κ2) is 15.7. The van der Waals surface area contributed by atoms with Crippen LogP contribution in [-0.2, 0) is 35.3 Å². The highest BCUT2D eigenvalue weighted by molar-refractivity contribution is 5.94. The quantitative estimate of drug-likeness (QED) is 0.0570. The Bertz CT molecular complexity index is 1430. The van der Waals surface area contributed by atoms with Gasteiger partial charge >= 0.3 is 35.9 Å². The molecule has 44 heavy (non-hydrogen) atoms. The van der Waals surface area contributed by atoms with Gasteiger partial charge in [0.1, 0.15) is 31.0 Å².